The number of benzene rings is 2. The smallest absolute Gasteiger partial charge is 0.416 e. The number of ether oxygens (including phenoxy) is 2. The number of aryl methyl sites for hydroxylation is 1. The molecule has 152 valence electrons. The maximum Gasteiger partial charge on any atom is 0.416 e. The van der Waals surface area contributed by atoms with Crippen LogP contribution in [-0.2, 0) is 17.6 Å². The van der Waals surface area contributed by atoms with E-state index in [2.05, 4.69) is 4.98 Å². The Morgan fingerprint density at radius 2 is 1.86 bits per heavy atom. The summed E-state index contributed by atoms with van der Waals surface area (Å²) in [6.45, 7) is 1.54. The second-order valence-electron chi connectivity index (χ2n) is 6.10. The van der Waals surface area contributed by atoms with Crippen molar-refractivity contribution >= 4 is 17.3 Å². The summed E-state index contributed by atoms with van der Waals surface area (Å²) in [5.41, 5.74) is 1.20. The van der Waals surface area contributed by atoms with Gasteiger partial charge in [-0.15, -0.1) is 11.3 Å². The van der Waals surface area contributed by atoms with E-state index in [0.29, 0.717) is 27.8 Å². The van der Waals surface area contributed by atoms with Crippen molar-refractivity contribution in [2.24, 2.45) is 0 Å². The van der Waals surface area contributed by atoms with Gasteiger partial charge >= 0.3 is 12.1 Å². The molecule has 0 bridgehead atoms. The van der Waals surface area contributed by atoms with Crippen LogP contribution in [0.3, 0.4) is 0 Å². The molecule has 3 aromatic rings. The summed E-state index contributed by atoms with van der Waals surface area (Å²) in [5.74, 6) is -0.0348. The fraction of sp³-hybridized carbons (Fsp3) is 0.200. The molecule has 0 aliphatic carbocycles. The number of carbonyl (C=O) groups is 1. The number of halogens is 3. The number of carboxylic acids is 1. The number of carboxylic acid groups (broad SMARTS) is 1. The van der Waals surface area contributed by atoms with Gasteiger partial charge in [0.15, 0.2) is 6.61 Å². The molecule has 2 aromatic carbocycles. The molecule has 0 saturated carbocycles. The van der Waals surface area contributed by atoms with Crippen molar-refractivity contribution in [3.63, 3.8) is 0 Å². The average Bonchev–Trinajstić information content (AvgIpc) is 3.14. The molecule has 0 atom stereocenters. The Morgan fingerprint density at radius 3 is 2.48 bits per heavy atom. The van der Waals surface area contributed by atoms with Crippen molar-refractivity contribution in [3.05, 3.63) is 64.0 Å². The molecule has 29 heavy (non-hydrogen) atoms. The van der Waals surface area contributed by atoms with Gasteiger partial charge < -0.3 is 14.6 Å². The van der Waals surface area contributed by atoms with Crippen molar-refractivity contribution < 1.29 is 32.5 Å². The largest absolute Gasteiger partial charge is 0.486 e. The van der Waals surface area contributed by atoms with E-state index < -0.39 is 24.3 Å². The van der Waals surface area contributed by atoms with Gasteiger partial charge in [-0.05, 0) is 42.8 Å². The quantitative estimate of drug-likeness (QED) is 0.567. The highest BCUT2D eigenvalue weighted by Gasteiger charge is 2.30. The lowest BCUT2D eigenvalue weighted by molar-refractivity contribution is -0.139. The van der Waals surface area contributed by atoms with Crippen LogP contribution in [-0.4, -0.2) is 22.7 Å². The van der Waals surface area contributed by atoms with Crippen LogP contribution < -0.4 is 9.47 Å². The molecule has 0 amide bonds. The molecule has 0 spiro atoms. The van der Waals surface area contributed by atoms with E-state index in [1.54, 1.807) is 30.5 Å². The number of rotatable bonds is 7. The molecule has 3 rings (SSSR count). The maximum absolute atomic E-state index is 12.7. The van der Waals surface area contributed by atoms with Gasteiger partial charge in [-0.25, -0.2) is 9.78 Å². The van der Waals surface area contributed by atoms with E-state index in [0.717, 1.165) is 17.7 Å². The number of thiazole rings is 1. The summed E-state index contributed by atoms with van der Waals surface area (Å²) >= 11 is 1.34. The van der Waals surface area contributed by atoms with E-state index >= 15 is 0 Å². The molecule has 0 saturated heterocycles. The first-order valence-corrected chi connectivity index (χ1v) is 9.30. The molecule has 1 heterocycles. The minimum atomic E-state index is -4.37. The number of nitrogens with zero attached hydrogens (tertiary/aromatic N) is 1. The minimum Gasteiger partial charge on any atom is -0.486 e. The molecular formula is C20H16F3NO4S. The predicted molar refractivity (Wildman–Crippen MR) is 101 cm³/mol. The summed E-state index contributed by atoms with van der Waals surface area (Å²) in [6.07, 6.45) is -4.37. The normalized spacial score (nSPS) is 11.3. The molecular weight excluding hydrogens is 407 g/mol. The first kappa shape index (κ1) is 20.7. The van der Waals surface area contributed by atoms with Crippen LogP contribution >= 0.6 is 11.3 Å². The first-order valence-electron chi connectivity index (χ1n) is 8.42. The zero-order valence-electron chi connectivity index (χ0n) is 15.2. The Balaban J connectivity index is 1.62. The third-order valence-corrected chi connectivity index (χ3v) is 4.74. The number of hydrogen-bond acceptors (Lipinski definition) is 5. The second kappa shape index (κ2) is 8.52. The average molecular weight is 423 g/mol. The zero-order chi connectivity index (χ0) is 21.0. The SMILES string of the molecule is Cc1cc(OCc2nc(-c3ccc(C(F)(F)F)cc3)cs2)ccc1OCC(=O)O. The fourth-order valence-electron chi connectivity index (χ4n) is 2.50. The monoisotopic (exact) mass is 423 g/mol. The molecule has 1 N–H and O–H groups in total. The van der Waals surface area contributed by atoms with Crippen molar-refractivity contribution in [1.29, 1.82) is 0 Å². The fourth-order valence-corrected chi connectivity index (χ4v) is 3.21. The van der Waals surface area contributed by atoms with Gasteiger partial charge in [-0.1, -0.05) is 12.1 Å². The lowest BCUT2D eigenvalue weighted by Crippen LogP contribution is -2.10. The van der Waals surface area contributed by atoms with Crippen molar-refractivity contribution in [2.75, 3.05) is 6.61 Å². The summed E-state index contributed by atoms with van der Waals surface area (Å²) in [4.78, 5) is 15.0. The molecule has 9 heteroatoms. The topological polar surface area (TPSA) is 68.7 Å². The Hall–Kier alpha value is -3.07. The lowest BCUT2D eigenvalue weighted by Gasteiger charge is -2.09. The Kier molecular flexibility index (Phi) is 6.07. The Morgan fingerprint density at radius 1 is 1.14 bits per heavy atom. The summed E-state index contributed by atoms with van der Waals surface area (Å²) in [7, 11) is 0. The third kappa shape index (κ3) is 5.47. The van der Waals surface area contributed by atoms with Gasteiger partial charge in [-0.3, -0.25) is 0 Å². The molecule has 0 fully saturated rings. The highest BCUT2D eigenvalue weighted by Crippen LogP contribution is 2.31. The van der Waals surface area contributed by atoms with Crippen LogP contribution in [0.4, 0.5) is 13.2 Å². The Bertz CT molecular complexity index is 1000. The van der Waals surface area contributed by atoms with Crippen LogP contribution in [0.15, 0.2) is 47.8 Å². The molecule has 5 nitrogen and oxygen atoms in total. The van der Waals surface area contributed by atoms with Crippen LogP contribution in [0.25, 0.3) is 11.3 Å². The first-order chi connectivity index (χ1) is 13.7. The van der Waals surface area contributed by atoms with Gasteiger partial charge in [0.05, 0.1) is 11.3 Å². The predicted octanol–water partition coefficient (Wildman–Crippen LogP) is 5.18. The summed E-state index contributed by atoms with van der Waals surface area (Å²) in [6, 6.07) is 9.85. The van der Waals surface area contributed by atoms with Crippen LogP contribution in [0.2, 0.25) is 0 Å². The highest BCUT2D eigenvalue weighted by atomic mass is 32.1. The van der Waals surface area contributed by atoms with E-state index in [1.165, 1.54) is 23.5 Å². The van der Waals surface area contributed by atoms with E-state index in [-0.39, 0.29) is 6.61 Å². The number of aliphatic carboxylic acids is 1. The third-order valence-electron chi connectivity index (χ3n) is 3.92. The van der Waals surface area contributed by atoms with Crippen molar-refractivity contribution in [1.82, 2.24) is 4.98 Å². The number of aromatic nitrogens is 1. The Labute approximate surface area is 168 Å². The summed E-state index contributed by atoms with van der Waals surface area (Å²) in [5, 5.41) is 11.1. The van der Waals surface area contributed by atoms with Gasteiger partial charge in [0.2, 0.25) is 0 Å². The van der Waals surface area contributed by atoms with E-state index in [1.807, 2.05) is 0 Å². The second-order valence-corrected chi connectivity index (χ2v) is 7.04. The molecule has 1 aromatic heterocycles. The van der Waals surface area contributed by atoms with Gasteiger partial charge in [0.25, 0.3) is 0 Å². The standard InChI is InChI=1S/C20H16F3NO4S/c1-12-8-15(6-7-17(12)28-10-19(25)26)27-9-18-24-16(11-29-18)13-2-4-14(5-3-13)20(21,22)23/h2-8,11H,9-10H2,1H3,(H,25,26). The lowest BCUT2D eigenvalue weighted by atomic mass is 10.1. The van der Waals surface area contributed by atoms with E-state index in [4.69, 9.17) is 14.6 Å². The number of alkyl halides is 3. The zero-order valence-corrected chi connectivity index (χ0v) is 16.0. The van der Waals surface area contributed by atoms with Crippen LogP contribution in [0.1, 0.15) is 16.1 Å². The minimum absolute atomic E-state index is 0.195. The van der Waals surface area contributed by atoms with Gasteiger partial charge in [-0.2, -0.15) is 13.2 Å². The highest BCUT2D eigenvalue weighted by molar-refractivity contribution is 7.09. The van der Waals surface area contributed by atoms with Crippen LogP contribution in [0.5, 0.6) is 11.5 Å². The molecule has 0 unspecified atom stereocenters. The molecule has 0 aliphatic rings. The van der Waals surface area contributed by atoms with Crippen molar-refractivity contribution in [3.8, 4) is 22.8 Å². The van der Waals surface area contributed by atoms with Crippen molar-refractivity contribution in [2.45, 2.75) is 19.7 Å². The molecule has 0 radical (unpaired) electrons. The van der Waals surface area contributed by atoms with Gasteiger partial charge in [0, 0.05) is 10.9 Å². The maximum atomic E-state index is 12.7. The van der Waals surface area contributed by atoms with E-state index in [9.17, 15) is 18.0 Å². The number of hydrogen-bond donors (Lipinski definition) is 1. The van der Waals surface area contributed by atoms with Gasteiger partial charge in [0.1, 0.15) is 23.1 Å². The van der Waals surface area contributed by atoms with Crippen LogP contribution in [0, 0.1) is 6.92 Å². The molecule has 0 aliphatic heterocycles. The summed E-state index contributed by atoms with van der Waals surface area (Å²) < 4.78 is 48.8.